The second kappa shape index (κ2) is 6.05. The molecule has 23 heavy (non-hydrogen) atoms. The summed E-state index contributed by atoms with van der Waals surface area (Å²) < 4.78 is 11.1. The number of carbonyl (C=O) groups excluding carboxylic acids is 1. The van der Waals surface area contributed by atoms with E-state index in [0.29, 0.717) is 35.8 Å². The summed E-state index contributed by atoms with van der Waals surface area (Å²) in [4.78, 5) is 15.2. The molecule has 2 aromatic rings. The molecule has 3 rings (SSSR count). The average Bonchev–Trinajstić information content (AvgIpc) is 3.04. The van der Waals surface area contributed by atoms with Crippen molar-refractivity contribution in [3.8, 4) is 17.6 Å². The van der Waals surface area contributed by atoms with E-state index in [2.05, 4.69) is 10.3 Å². The number of aromatic amines is 1. The zero-order valence-electron chi connectivity index (χ0n) is 13.0. The van der Waals surface area contributed by atoms with Gasteiger partial charge in [0.25, 0.3) is 5.91 Å². The first-order chi connectivity index (χ1) is 11.1. The Kier molecular flexibility index (Phi) is 3.94. The van der Waals surface area contributed by atoms with Crippen LogP contribution in [0.3, 0.4) is 0 Å². The number of H-pyrrole nitrogens is 1. The molecule has 1 amide bonds. The van der Waals surface area contributed by atoms with E-state index in [1.807, 2.05) is 25.1 Å². The topological polar surface area (TPSA) is 87.1 Å². The molecule has 6 heteroatoms. The Morgan fingerprint density at radius 3 is 3.00 bits per heavy atom. The van der Waals surface area contributed by atoms with E-state index in [1.54, 1.807) is 7.11 Å². The molecular formula is C17H17N3O3. The predicted molar refractivity (Wildman–Crippen MR) is 83.6 cm³/mol. The zero-order chi connectivity index (χ0) is 16.4. The second-order valence-electron chi connectivity index (χ2n) is 5.46. The van der Waals surface area contributed by atoms with Gasteiger partial charge in [-0.1, -0.05) is 6.07 Å². The van der Waals surface area contributed by atoms with Gasteiger partial charge in [0.1, 0.15) is 11.8 Å². The zero-order valence-corrected chi connectivity index (χ0v) is 13.0. The van der Waals surface area contributed by atoms with Crippen LogP contribution in [0.15, 0.2) is 24.4 Å². The first kappa shape index (κ1) is 15.0. The summed E-state index contributed by atoms with van der Waals surface area (Å²) in [6.45, 7) is 2.48. The number of amides is 1. The van der Waals surface area contributed by atoms with Crippen LogP contribution in [0.5, 0.6) is 11.5 Å². The highest BCUT2D eigenvalue weighted by Crippen LogP contribution is 2.40. The van der Waals surface area contributed by atoms with Gasteiger partial charge >= 0.3 is 0 Å². The molecule has 0 aliphatic carbocycles. The summed E-state index contributed by atoms with van der Waals surface area (Å²) in [5.41, 5.74) is 2.75. The summed E-state index contributed by atoms with van der Waals surface area (Å²) in [6.07, 6.45) is 2.19. The largest absolute Gasteiger partial charge is 0.493 e. The van der Waals surface area contributed by atoms with Gasteiger partial charge in [0, 0.05) is 18.2 Å². The molecule has 0 bridgehead atoms. The molecule has 118 valence electrons. The minimum atomic E-state index is -0.246. The minimum Gasteiger partial charge on any atom is -0.493 e. The number of hydrogen-bond acceptors (Lipinski definition) is 4. The number of methoxy groups -OCH3 is 1. The Labute approximate surface area is 134 Å². The van der Waals surface area contributed by atoms with Crippen molar-refractivity contribution < 1.29 is 14.3 Å². The molecule has 2 heterocycles. The first-order valence-electron chi connectivity index (χ1n) is 7.33. The third-order valence-corrected chi connectivity index (χ3v) is 3.84. The van der Waals surface area contributed by atoms with Gasteiger partial charge in [-0.05, 0) is 24.6 Å². The van der Waals surface area contributed by atoms with Crippen molar-refractivity contribution in [3.05, 3.63) is 46.8 Å². The van der Waals surface area contributed by atoms with Gasteiger partial charge in [0.2, 0.25) is 0 Å². The molecular weight excluding hydrogens is 294 g/mol. The average molecular weight is 311 g/mol. The van der Waals surface area contributed by atoms with Crippen molar-refractivity contribution in [2.24, 2.45) is 0 Å². The Morgan fingerprint density at radius 1 is 1.48 bits per heavy atom. The van der Waals surface area contributed by atoms with E-state index in [9.17, 15) is 4.79 Å². The van der Waals surface area contributed by atoms with Crippen molar-refractivity contribution >= 4 is 5.91 Å². The fourth-order valence-corrected chi connectivity index (χ4v) is 2.74. The van der Waals surface area contributed by atoms with Crippen LogP contribution >= 0.6 is 0 Å². The number of nitrogens with one attached hydrogen (secondary N) is 2. The molecule has 1 aromatic carbocycles. The quantitative estimate of drug-likeness (QED) is 0.911. The van der Waals surface area contributed by atoms with Gasteiger partial charge in [0.15, 0.2) is 11.5 Å². The lowest BCUT2D eigenvalue weighted by Crippen LogP contribution is -2.32. The molecule has 2 N–H and O–H groups in total. The highest BCUT2D eigenvalue weighted by Gasteiger charge is 2.27. The van der Waals surface area contributed by atoms with Crippen LogP contribution < -0.4 is 14.8 Å². The number of nitriles is 1. The monoisotopic (exact) mass is 311 g/mol. The number of rotatable bonds is 3. The molecule has 0 unspecified atom stereocenters. The number of ether oxygens (including phenoxy) is 2. The van der Waals surface area contributed by atoms with E-state index in [-0.39, 0.29) is 11.9 Å². The van der Waals surface area contributed by atoms with Crippen molar-refractivity contribution in [3.63, 3.8) is 0 Å². The molecule has 0 spiro atoms. The molecule has 1 atom stereocenters. The SMILES string of the molecule is COc1cc(C)cc2c1OCC[C@@H]2NC(=O)c1cc(C#N)c[nH]1. The van der Waals surface area contributed by atoms with E-state index in [0.717, 1.165) is 11.1 Å². The van der Waals surface area contributed by atoms with E-state index < -0.39 is 0 Å². The van der Waals surface area contributed by atoms with Gasteiger partial charge in [-0.2, -0.15) is 5.26 Å². The standard InChI is InChI=1S/C17H17N3O3/c1-10-5-12-13(3-4-23-16(12)15(6-10)22-2)20-17(21)14-7-11(8-18)9-19-14/h5-7,9,13,19H,3-4H2,1-2H3,(H,20,21)/t13-/m0/s1. The normalized spacial score (nSPS) is 16.0. The fraction of sp³-hybridized carbons (Fsp3) is 0.294. The van der Waals surface area contributed by atoms with E-state index in [1.165, 1.54) is 12.3 Å². The van der Waals surface area contributed by atoms with E-state index >= 15 is 0 Å². The summed E-state index contributed by atoms with van der Waals surface area (Å²) in [6, 6.07) is 7.28. The molecule has 6 nitrogen and oxygen atoms in total. The Morgan fingerprint density at radius 2 is 2.30 bits per heavy atom. The molecule has 1 aliphatic heterocycles. The van der Waals surface area contributed by atoms with E-state index in [4.69, 9.17) is 14.7 Å². The van der Waals surface area contributed by atoms with Crippen LogP contribution in [0.1, 0.15) is 39.6 Å². The lowest BCUT2D eigenvalue weighted by Gasteiger charge is -2.28. The fourth-order valence-electron chi connectivity index (χ4n) is 2.74. The van der Waals surface area contributed by atoms with Crippen LogP contribution in [0, 0.1) is 18.3 Å². The molecule has 0 radical (unpaired) electrons. The van der Waals surface area contributed by atoms with Gasteiger partial charge in [-0.25, -0.2) is 0 Å². The molecule has 0 saturated heterocycles. The maximum Gasteiger partial charge on any atom is 0.268 e. The summed E-state index contributed by atoms with van der Waals surface area (Å²) in [5, 5.41) is 11.8. The number of hydrogen-bond donors (Lipinski definition) is 2. The lowest BCUT2D eigenvalue weighted by atomic mass is 9.97. The molecule has 0 saturated carbocycles. The lowest BCUT2D eigenvalue weighted by molar-refractivity contribution is 0.0919. The minimum absolute atomic E-state index is 0.158. The van der Waals surface area contributed by atoms with Crippen LogP contribution in [-0.4, -0.2) is 24.6 Å². The smallest absolute Gasteiger partial charge is 0.268 e. The van der Waals surface area contributed by atoms with Crippen molar-refractivity contribution in [2.75, 3.05) is 13.7 Å². The summed E-state index contributed by atoms with van der Waals surface area (Å²) >= 11 is 0. The van der Waals surface area contributed by atoms with Gasteiger partial charge in [0.05, 0.1) is 25.3 Å². The van der Waals surface area contributed by atoms with Crippen LogP contribution in [0.25, 0.3) is 0 Å². The van der Waals surface area contributed by atoms with Gasteiger partial charge < -0.3 is 19.8 Å². The highest BCUT2D eigenvalue weighted by atomic mass is 16.5. The first-order valence-corrected chi connectivity index (χ1v) is 7.33. The number of aryl methyl sites for hydroxylation is 1. The van der Waals surface area contributed by atoms with Crippen molar-refractivity contribution in [1.82, 2.24) is 10.3 Å². The molecule has 1 aliphatic rings. The van der Waals surface area contributed by atoms with Crippen LogP contribution in [0.4, 0.5) is 0 Å². The predicted octanol–water partition coefficient (Wildman–Crippen LogP) is 2.46. The number of nitrogens with zero attached hydrogens (tertiary/aromatic N) is 1. The van der Waals surface area contributed by atoms with Crippen LogP contribution in [0.2, 0.25) is 0 Å². The third-order valence-electron chi connectivity index (χ3n) is 3.84. The maximum absolute atomic E-state index is 12.4. The Bertz CT molecular complexity index is 789. The highest BCUT2D eigenvalue weighted by molar-refractivity contribution is 5.93. The third kappa shape index (κ3) is 2.86. The van der Waals surface area contributed by atoms with Crippen molar-refractivity contribution in [2.45, 2.75) is 19.4 Å². The molecule has 1 aromatic heterocycles. The maximum atomic E-state index is 12.4. The number of carbonyl (C=O) groups is 1. The van der Waals surface area contributed by atoms with Gasteiger partial charge in [-0.15, -0.1) is 0 Å². The Hall–Kier alpha value is -2.94. The Balaban J connectivity index is 1.87. The summed E-state index contributed by atoms with van der Waals surface area (Å²) in [7, 11) is 1.60. The van der Waals surface area contributed by atoms with Crippen molar-refractivity contribution in [1.29, 1.82) is 5.26 Å². The summed E-state index contributed by atoms with van der Waals surface area (Å²) in [5.74, 6) is 1.11. The number of aromatic nitrogens is 1. The second-order valence-corrected chi connectivity index (χ2v) is 5.46. The number of benzene rings is 1. The molecule has 0 fully saturated rings. The number of fused-ring (bicyclic) bond motifs is 1. The van der Waals surface area contributed by atoms with Gasteiger partial charge in [-0.3, -0.25) is 4.79 Å². The van der Waals surface area contributed by atoms with Crippen LogP contribution in [-0.2, 0) is 0 Å².